The molecule has 25 heavy (non-hydrogen) atoms. The lowest BCUT2D eigenvalue weighted by molar-refractivity contribution is -0.127. The standard InChI is InChI=1S/C20H21N3O2/c1-15-6-2-3-7-18(15)22-20(25)21-17-10-8-16(9-11-17)14-19(24)23-12-4-5-13-23/h2-4,6-12H,5,13-14H2,1H3,(H2,21,22,25). The van der Waals surface area contributed by atoms with Gasteiger partial charge in [-0.15, -0.1) is 0 Å². The third-order valence-electron chi connectivity index (χ3n) is 4.10. The Bertz CT molecular complexity index is 797. The molecule has 0 fully saturated rings. The van der Waals surface area contributed by atoms with E-state index in [4.69, 9.17) is 0 Å². The number of aryl methyl sites for hydroxylation is 1. The van der Waals surface area contributed by atoms with Crippen LogP contribution in [0.3, 0.4) is 0 Å². The Hall–Kier alpha value is -3.08. The quantitative estimate of drug-likeness (QED) is 0.889. The molecule has 0 spiro atoms. The lowest BCUT2D eigenvalue weighted by Gasteiger charge is -2.13. The maximum absolute atomic E-state index is 12.1. The lowest BCUT2D eigenvalue weighted by atomic mass is 10.1. The molecule has 3 rings (SSSR count). The Balaban J connectivity index is 1.55. The first kappa shape index (κ1) is 16.8. The van der Waals surface area contributed by atoms with Crippen LogP contribution in [0, 0.1) is 6.92 Å². The summed E-state index contributed by atoms with van der Waals surface area (Å²) in [4.78, 5) is 25.9. The maximum Gasteiger partial charge on any atom is 0.323 e. The van der Waals surface area contributed by atoms with Crippen molar-refractivity contribution in [3.63, 3.8) is 0 Å². The van der Waals surface area contributed by atoms with E-state index in [-0.39, 0.29) is 11.9 Å². The highest BCUT2D eigenvalue weighted by Gasteiger charge is 2.14. The molecule has 0 aliphatic carbocycles. The van der Waals surface area contributed by atoms with Crippen LogP contribution in [0.25, 0.3) is 0 Å². The van der Waals surface area contributed by atoms with Crippen LogP contribution in [0.15, 0.2) is 60.8 Å². The molecule has 0 aromatic heterocycles. The summed E-state index contributed by atoms with van der Waals surface area (Å²) in [5.41, 5.74) is 3.39. The molecule has 0 bridgehead atoms. The molecule has 0 saturated carbocycles. The minimum atomic E-state index is -0.291. The van der Waals surface area contributed by atoms with E-state index in [1.807, 2.05) is 55.6 Å². The van der Waals surface area contributed by atoms with E-state index in [9.17, 15) is 9.59 Å². The van der Waals surface area contributed by atoms with Crippen LogP contribution in [0.4, 0.5) is 16.2 Å². The predicted molar refractivity (Wildman–Crippen MR) is 99.4 cm³/mol. The van der Waals surface area contributed by atoms with E-state index in [1.165, 1.54) is 0 Å². The van der Waals surface area contributed by atoms with E-state index < -0.39 is 0 Å². The van der Waals surface area contributed by atoms with E-state index >= 15 is 0 Å². The van der Waals surface area contributed by atoms with Gasteiger partial charge in [0.2, 0.25) is 5.91 Å². The van der Waals surface area contributed by atoms with Crippen molar-refractivity contribution in [3.05, 3.63) is 71.9 Å². The average molecular weight is 335 g/mol. The number of nitrogens with one attached hydrogen (secondary N) is 2. The molecule has 0 atom stereocenters. The van der Waals surface area contributed by atoms with Gasteiger partial charge in [0.15, 0.2) is 0 Å². The van der Waals surface area contributed by atoms with E-state index in [0.717, 1.165) is 29.8 Å². The van der Waals surface area contributed by atoms with Crippen molar-refractivity contribution >= 4 is 23.3 Å². The fourth-order valence-corrected chi connectivity index (χ4v) is 2.68. The number of carbonyl (C=O) groups is 2. The molecule has 3 amide bonds. The van der Waals surface area contributed by atoms with Gasteiger partial charge in [-0.05, 0) is 42.7 Å². The largest absolute Gasteiger partial charge is 0.323 e. The number of para-hydroxylation sites is 1. The Morgan fingerprint density at radius 2 is 1.80 bits per heavy atom. The van der Waals surface area contributed by atoms with E-state index in [0.29, 0.717) is 12.1 Å². The average Bonchev–Trinajstić information content (AvgIpc) is 3.13. The van der Waals surface area contributed by atoms with Gasteiger partial charge >= 0.3 is 6.03 Å². The van der Waals surface area contributed by atoms with Crippen molar-refractivity contribution < 1.29 is 9.59 Å². The number of amides is 3. The van der Waals surface area contributed by atoms with Crippen molar-refractivity contribution in [2.75, 3.05) is 17.2 Å². The molecule has 0 unspecified atom stereocenters. The van der Waals surface area contributed by atoms with Crippen molar-refractivity contribution in [2.45, 2.75) is 19.8 Å². The number of carbonyl (C=O) groups excluding carboxylic acids is 2. The molecule has 1 heterocycles. The molecule has 2 aromatic carbocycles. The highest BCUT2D eigenvalue weighted by molar-refractivity contribution is 6.00. The molecular formula is C20H21N3O2. The van der Waals surface area contributed by atoms with Gasteiger partial charge in [-0.3, -0.25) is 4.79 Å². The highest BCUT2D eigenvalue weighted by atomic mass is 16.2. The third kappa shape index (κ3) is 4.47. The van der Waals surface area contributed by atoms with Gasteiger partial charge in [-0.2, -0.15) is 0 Å². The van der Waals surface area contributed by atoms with Gasteiger partial charge in [-0.1, -0.05) is 36.4 Å². The normalized spacial score (nSPS) is 12.9. The fourth-order valence-electron chi connectivity index (χ4n) is 2.68. The van der Waals surface area contributed by atoms with Crippen molar-refractivity contribution in [3.8, 4) is 0 Å². The first-order valence-electron chi connectivity index (χ1n) is 8.30. The molecule has 1 aliphatic heterocycles. The second-order valence-corrected chi connectivity index (χ2v) is 6.03. The lowest BCUT2D eigenvalue weighted by Crippen LogP contribution is -2.25. The Kier molecular flexibility index (Phi) is 5.14. The zero-order valence-corrected chi connectivity index (χ0v) is 14.2. The Morgan fingerprint density at radius 1 is 1.04 bits per heavy atom. The van der Waals surface area contributed by atoms with Crippen molar-refractivity contribution in [1.82, 2.24) is 4.90 Å². The number of benzene rings is 2. The second kappa shape index (κ2) is 7.66. The minimum absolute atomic E-state index is 0.0896. The number of urea groups is 1. The zero-order chi connectivity index (χ0) is 17.6. The highest BCUT2D eigenvalue weighted by Crippen LogP contribution is 2.15. The zero-order valence-electron chi connectivity index (χ0n) is 14.2. The van der Waals surface area contributed by atoms with E-state index in [2.05, 4.69) is 10.6 Å². The summed E-state index contributed by atoms with van der Waals surface area (Å²) in [7, 11) is 0. The molecule has 2 N–H and O–H groups in total. The van der Waals surface area contributed by atoms with Gasteiger partial charge in [0.25, 0.3) is 0 Å². The van der Waals surface area contributed by atoms with Crippen molar-refractivity contribution in [1.29, 1.82) is 0 Å². The molecule has 1 aliphatic rings. The number of anilines is 2. The van der Waals surface area contributed by atoms with Crippen LogP contribution < -0.4 is 10.6 Å². The van der Waals surface area contributed by atoms with Crippen LogP contribution in [0.5, 0.6) is 0 Å². The summed E-state index contributed by atoms with van der Waals surface area (Å²) in [6, 6.07) is 14.6. The monoisotopic (exact) mass is 335 g/mol. The first-order valence-corrected chi connectivity index (χ1v) is 8.30. The summed E-state index contributed by atoms with van der Waals surface area (Å²) in [5, 5.41) is 5.62. The van der Waals surface area contributed by atoms with Gasteiger partial charge in [0.05, 0.1) is 6.42 Å². The van der Waals surface area contributed by atoms with Gasteiger partial charge in [0, 0.05) is 24.1 Å². The molecule has 0 radical (unpaired) electrons. The first-order chi connectivity index (χ1) is 12.1. The van der Waals surface area contributed by atoms with E-state index in [1.54, 1.807) is 17.0 Å². The molecule has 5 heteroatoms. The van der Waals surface area contributed by atoms with Gasteiger partial charge in [0.1, 0.15) is 0 Å². The number of hydrogen-bond acceptors (Lipinski definition) is 2. The minimum Gasteiger partial charge on any atom is -0.319 e. The third-order valence-corrected chi connectivity index (χ3v) is 4.10. The van der Waals surface area contributed by atoms with Gasteiger partial charge < -0.3 is 15.5 Å². The second-order valence-electron chi connectivity index (χ2n) is 6.03. The predicted octanol–water partition coefficient (Wildman–Crippen LogP) is 3.93. The summed E-state index contributed by atoms with van der Waals surface area (Å²) >= 11 is 0. The maximum atomic E-state index is 12.1. The smallest absolute Gasteiger partial charge is 0.319 e. The molecular weight excluding hydrogens is 314 g/mol. The fraction of sp³-hybridized carbons (Fsp3) is 0.200. The molecule has 5 nitrogen and oxygen atoms in total. The summed E-state index contributed by atoms with van der Waals surface area (Å²) in [5.74, 6) is 0.0896. The van der Waals surface area contributed by atoms with Crippen LogP contribution in [0.2, 0.25) is 0 Å². The summed E-state index contributed by atoms with van der Waals surface area (Å²) < 4.78 is 0. The van der Waals surface area contributed by atoms with Gasteiger partial charge in [-0.25, -0.2) is 4.79 Å². The number of nitrogens with zero attached hydrogens (tertiary/aromatic N) is 1. The topological polar surface area (TPSA) is 61.4 Å². The molecule has 0 saturated heterocycles. The van der Waals surface area contributed by atoms with Crippen molar-refractivity contribution in [2.24, 2.45) is 0 Å². The number of hydrogen-bond donors (Lipinski definition) is 2. The summed E-state index contributed by atoms with van der Waals surface area (Å²) in [6.07, 6.45) is 5.12. The van der Waals surface area contributed by atoms with Crippen LogP contribution in [-0.4, -0.2) is 23.4 Å². The van der Waals surface area contributed by atoms with Crippen LogP contribution in [0.1, 0.15) is 17.5 Å². The van der Waals surface area contributed by atoms with Crippen LogP contribution >= 0.6 is 0 Å². The summed E-state index contributed by atoms with van der Waals surface area (Å²) in [6.45, 7) is 2.70. The molecule has 128 valence electrons. The number of rotatable bonds is 4. The SMILES string of the molecule is Cc1ccccc1NC(=O)Nc1ccc(CC(=O)N2C=CCC2)cc1. The Morgan fingerprint density at radius 3 is 2.48 bits per heavy atom. The molecule has 2 aromatic rings. The van der Waals surface area contributed by atoms with Crippen LogP contribution in [-0.2, 0) is 11.2 Å². The Labute approximate surface area is 147 Å².